The molecule has 1 aromatic heterocycles. The second kappa shape index (κ2) is 5.97. The molecular formula is C15H21BrN2O2S. The Kier molecular flexibility index (Phi) is 4.39. The van der Waals surface area contributed by atoms with Crippen molar-refractivity contribution in [3.05, 3.63) is 21.4 Å². The minimum absolute atomic E-state index is 0.232. The van der Waals surface area contributed by atoms with Crippen molar-refractivity contribution in [3.8, 4) is 0 Å². The van der Waals surface area contributed by atoms with Crippen molar-refractivity contribution in [1.82, 2.24) is 4.98 Å². The summed E-state index contributed by atoms with van der Waals surface area (Å²) in [6, 6.07) is 0. The summed E-state index contributed by atoms with van der Waals surface area (Å²) >= 11 is 3.52. The van der Waals surface area contributed by atoms with Gasteiger partial charge in [0, 0.05) is 16.1 Å². The van der Waals surface area contributed by atoms with Crippen LogP contribution in [0, 0.1) is 0 Å². The first kappa shape index (κ1) is 15.4. The standard InChI is InChI=1S/C15H21BrN2O2S/c16-13-11-8-4-5-9-12(11)18-14(15(13)21(17,19)20)10-6-2-1-3-7-10/h10H,1-9H2,(H2,17,19,20). The molecule has 0 aliphatic heterocycles. The number of nitrogens with zero attached hydrogens (tertiary/aromatic N) is 1. The normalized spacial score (nSPS) is 20.3. The summed E-state index contributed by atoms with van der Waals surface area (Å²) in [5.41, 5.74) is 2.83. The van der Waals surface area contributed by atoms with E-state index in [1.165, 1.54) is 6.42 Å². The molecule has 0 spiro atoms. The lowest BCUT2D eigenvalue weighted by Gasteiger charge is -2.26. The number of hydrogen-bond donors (Lipinski definition) is 1. The van der Waals surface area contributed by atoms with Gasteiger partial charge in [-0.2, -0.15) is 0 Å². The van der Waals surface area contributed by atoms with E-state index in [1.807, 2.05) is 0 Å². The average molecular weight is 373 g/mol. The zero-order valence-corrected chi connectivity index (χ0v) is 14.5. The van der Waals surface area contributed by atoms with Crippen LogP contribution in [0.5, 0.6) is 0 Å². The number of rotatable bonds is 2. The second-order valence-electron chi connectivity index (χ2n) is 6.15. The van der Waals surface area contributed by atoms with Gasteiger partial charge >= 0.3 is 0 Å². The van der Waals surface area contributed by atoms with E-state index < -0.39 is 10.0 Å². The molecule has 0 aromatic carbocycles. The molecule has 0 amide bonds. The van der Waals surface area contributed by atoms with Crippen molar-refractivity contribution in [3.63, 3.8) is 0 Å². The fourth-order valence-corrected chi connectivity index (χ4v) is 5.80. The number of nitrogens with two attached hydrogens (primary N) is 1. The van der Waals surface area contributed by atoms with Gasteiger partial charge in [-0.15, -0.1) is 0 Å². The molecule has 0 radical (unpaired) electrons. The van der Waals surface area contributed by atoms with E-state index in [-0.39, 0.29) is 10.8 Å². The van der Waals surface area contributed by atoms with Crippen molar-refractivity contribution in [2.75, 3.05) is 0 Å². The maximum atomic E-state index is 12.1. The topological polar surface area (TPSA) is 73.1 Å². The molecule has 0 atom stereocenters. The first-order chi connectivity index (χ1) is 9.98. The number of hydrogen-bond acceptors (Lipinski definition) is 3. The Balaban J connectivity index is 2.18. The van der Waals surface area contributed by atoms with E-state index in [1.54, 1.807) is 0 Å². The SMILES string of the molecule is NS(=O)(=O)c1c(C2CCCCC2)nc2c(c1Br)CCCC2. The Labute approximate surface area is 134 Å². The van der Waals surface area contributed by atoms with Gasteiger partial charge in [-0.1, -0.05) is 19.3 Å². The monoisotopic (exact) mass is 372 g/mol. The molecular weight excluding hydrogens is 352 g/mol. The van der Waals surface area contributed by atoms with E-state index >= 15 is 0 Å². The largest absolute Gasteiger partial charge is 0.256 e. The molecule has 1 fully saturated rings. The van der Waals surface area contributed by atoms with Crippen LogP contribution in [0.4, 0.5) is 0 Å². The molecule has 116 valence electrons. The van der Waals surface area contributed by atoms with Gasteiger partial charge in [-0.25, -0.2) is 13.6 Å². The second-order valence-corrected chi connectivity index (χ2v) is 8.44. The predicted octanol–water partition coefficient (Wildman–Crippen LogP) is 3.42. The molecule has 1 saturated carbocycles. The third-order valence-corrected chi connectivity index (χ3v) is 6.79. The van der Waals surface area contributed by atoms with E-state index in [2.05, 4.69) is 15.9 Å². The zero-order chi connectivity index (χ0) is 15.0. The van der Waals surface area contributed by atoms with Crippen molar-refractivity contribution >= 4 is 26.0 Å². The summed E-state index contributed by atoms with van der Waals surface area (Å²) in [4.78, 5) is 5.02. The number of pyridine rings is 1. The molecule has 0 unspecified atom stereocenters. The summed E-state index contributed by atoms with van der Waals surface area (Å²) in [5, 5.41) is 5.50. The van der Waals surface area contributed by atoms with Crippen LogP contribution in [0.1, 0.15) is 67.8 Å². The van der Waals surface area contributed by atoms with Crippen molar-refractivity contribution < 1.29 is 8.42 Å². The third-order valence-electron chi connectivity index (χ3n) is 4.67. The Bertz CT molecular complexity index is 652. The van der Waals surface area contributed by atoms with Gasteiger partial charge in [0.2, 0.25) is 10.0 Å². The maximum absolute atomic E-state index is 12.1. The number of halogens is 1. The van der Waals surface area contributed by atoms with E-state index in [0.717, 1.165) is 62.6 Å². The van der Waals surface area contributed by atoms with Crippen LogP contribution in [0.15, 0.2) is 9.37 Å². The molecule has 0 bridgehead atoms. The van der Waals surface area contributed by atoms with Crippen LogP contribution in [0.25, 0.3) is 0 Å². The molecule has 6 heteroatoms. The van der Waals surface area contributed by atoms with Crippen LogP contribution in [-0.2, 0) is 22.9 Å². The van der Waals surface area contributed by atoms with Gasteiger partial charge in [-0.05, 0) is 60.0 Å². The fourth-order valence-electron chi connectivity index (χ4n) is 3.62. The fraction of sp³-hybridized carbons (Fsp3) is 0.667. The highest BCUT2D eigenvalue weighted by molar-refractivity contribution is 9.10. The number of fused-ring (bicyclic) bond motifs is 1. The minimum atomic E-state index is -3.76. The van der Waals surface area contributed by atoms with Gasteiger partial charge < -0.3 is 0 Å². The Hall–Kier alpha value is -0.460. The van der Waals surface area contributed by atoms with Gasteiger partial charge in [-0.3, -0.25) is 4.98 Å². The molecule has 2 N–H and O–H groups in total. The molecule has 2 aliphatic carbocycles. The van der Waals surface area contributed by atoms with Crippen LogP contribution < -0.4 is 5.14 Å². The van der Waals surface area contributed by atoms with Crippen molar-refractivity contribution in [2.24, 2.45) is 5.14 Å². The third kappa shape index (κ3) is 3.03. The predicted molar refractivity (Wildman–Crippen MR) is 85.8 cm³/mol. The Morgan fingerprint density at radius 2 is 1.71 bits per heavy atom. The van der Waals surface area contributed by atoms with E-state index in [4.69, 9.17) is 10.1 Å². The molecule has 1 aromatic rings. The molecule has 4 nitrogen and oxygen atoms in total. The first-order valence-electron chi connectivity index (χ1n) is 7.72. The number of aryl methyl sites for hydroxylation is 1. The smallest absolute Gasteiger partial charge is 0.241 e. The molecule has 1 heterocycles. The Morgan fingerprint density at radius 3 is 2.38 bits per heavy atom. The molecule has 21 heavy (non-hydrogen) atoms. The highest BCUT2D eigenvalue weighted by atomic mass is 79.9. The van der Waals surface area contributed by atoms with Crippen LogP contribution >= 0.6 is 15.9 Å². The number of aromatic nitrogens is 1. The van der Waals surface area contributed by atoms with E-state index in [9.17, 15) is 8.42 Å². The van der Waals surface area contributed by atoms with Gasteiger partial charge in [0.15, 0.2) is 0 Å². The van der Waals surface area contributed by atoms with Gasteiger partial charge in [0.05, 0.1) is 5.69 Å². The van der Waals surface area contributed by atoms with Gasteiger partial charge in [0.1, 0.15) is 4.90 Å². The molecule has 3 rings (SSSR count). The van der Waals surface area contributed by atoms with Gasteiger partial charge in [0.25, 0.3) is 0 Å². The number of primary sulfonamides is 1. The summed E-state index contributed by atoms with van der Waals surface area (Å²) in [5.74, 6) is 0.232. The van der Waals surface area contributed by atoms with Crippen LogP contribution in [0.2, 0.25) is 0 Å². The summed E-state index contributed by atoms with van der Waals surface area (Å²) in [6.45, 7) is 0. The minimum Gasteiger partial charge on any atom is -0.256 e. The number of sulfonamides is 1. The highest BCUT2D eigenvalue weighted by Crippen LogP contribution is 2.40. The molecule has 0 saturated heterocycles. The zero-order valence-electron chi connectivity index (χ0n) is 12.1. The Morgan fingerprint density at radius 1 is 1.05 bits per heavy atom. The first-order valence-corrected chi connectivity index (χ1v) is 10.1. The lowest BCUT2D eigenvalue weighted by Crippen LogP contribution is -2.22. The van der Waals surface area contributed by atoms with Crippen molar-refractivity contribution in [2.45, 2.75) is 68.6 Å². The van der Waals surface area contributed by atoms with Crippen LogP contribution in [-0.4, -0.2) is 13.4 Å². The lowest BCUT2D eigenvalue weighted by atomic mass is 9.85. The quantitative estimate of drug-likeness (QED) is 0.863. The molecule has 2 aliphatic rings. The van der Waals surface area contributed by atoms with Crippen LogP contribution in [0.3, 0.4) is 0 Å². The lowest BCUT2D eigenvalue weighted by molar-refractivity contribution is 0.428. The van der Waals surface area contributed by atoms with E-state index in [0.29, 0.717) is 10.2 Å². The summed E-state index contributed by atoms with van der Waals surface area (Å²) in [6.07, 6.45) is 9.59. The summed E-state index contributed by atoms with van der Waals surface area (Å²) < 4.78 is 24.9. The van der Waals surface area contributed by atoms with Crippen molar-refractivity contribution in [1.29, 1.82) is 0 Å². The average Bonchev–Trinajstić information content (AvgIpc) is 2.46. The highest BCUT2D eigenvalue weighted by Gasteiger charge is 2.30. The maximum Gasteiger partial charge on any atom is 0.241 e. The summed E-state index contributed by atoms with van der Waals surface area (Å²) in [7, 11) is -3.76.